The molecule has 20 heavy (non-hydrogen) atoms. The van der Waals surface area contributed by atoms with E-state index < -0.39 is 7.75 Å². The molecule has 0 spiro atoms. The Morgan fingerprint density at radius 1 is 1.35 bits per heavy atom. The minimum Gasteiger partial charge on any atom is -0.297 e. The molecule has 1 unspecified atom stereocenters. The molecule has 1 heterocycles. The van der Waals surface area contributed by atoms with Gasteiger partial charge in [0, 0.05) is 18.4 Å². The highest BCUT2D eigenvalue weighted by molar-refractivity contribution is 7.51. The van der Waals surface area contributed by atoms with E-state index in [4.69, 9.17) is 9.05 Å². The summed E-state index contributed by atoms with van der Waals surface area (Å²) >= 11 is 0. The van der Waals surface area contributed by atoms with Crippen LogP contribution in [-0.4, -0.2) is 24.2 Å². The van der Waals surface area contributed by atoms with Gasteiger partial charge in [-0.15, -0.1) is 0 Å². The number of rotatable bonds is 9. The minimum absolute atomic E-state index is 0.0841. The lowest BCUT2D eigenvalue weighted by molar-refractivity contribution is 0.208. The van der Waals surface area contributed by atoms with Crippen LogP contribution >= 0.6 is 7.75 Å². The normalized spacial score (nSPS) is 13.8. The second-order valence-corrected chi connectivity index (χ2v) is 5.89. The Balaban J connectivity index is 2.70. The van der Waals surface area contributed by atoms with Gasteiger partial charge in [0.1, 0.15) is 0 Å². The monoisotopic (exact) mass is 298 g/mol. The van der Waals surface area contributed by atoms with Crippen molar-refractivity contribution in [2.75, 3.05) is 13.2 Å². The van der Waals surface area contributed by atoms with Crippen LogP contribution in [-0.2, 0) is 13.6 Å². The zero-order valence-electron chi connectivity index (χ0n) is 12.3. The van der Waals surface area contributed by atoms with Crippen LogP contribution in [0.2, 0.25) is 0 Å². The van der Waals surface area contributed by atoms with E-state index in [1.165, 1.54) is 0 Å². The largest absolute Gasteiger partial charge is 0.405 e. The van der Waals surface area contributed by atoms with Crippen LogP contribution in [0, 0.1) is 0 Å². The quantitative estimate of drug-likeness (QED) is 0.705. The van der Waals surface area contributed by atoms with E-state index in [0.717, 1.165) is 12.0 Å². The topological polar surface area (TPSA) is 60.5 Å². The van der Waals surface area contributed by atoms with Crippen molar-refractivity contribution in [1.29, 1.82) is 0 Å². The molecule has 1 aromatic rings. The van der Waals surface area contributed by atoms with E-state index in [0.29, 0.717) is 13.2 Å². The van der Waals surface area contributed by atoms with Gasteiger partial charge in [0.2, 0.25) is 0 Å². The standard InChI is InChI=1S/C14H23N2O3P/c1-4-14(10-9-13-8-7-11-15-12-13)16-20(17,18-5-2)19-6-3/h7-12,14H,4-6H2,1-3H3,(H,16,17)/b10-9+. The molecule has 112 valence electrons. The summed E-state index contributed by atoms with van der Waals surface area (Å²) in [7, 11) is -3.23. The first kappa shape index (κ1) is 17.1. The molecule has 0 aromatic carbocycles. The molecule has 1 N–H and O–H groups in total. The molecule has 1 rings (SSSR count). The average Bonchev–Trinajstić information content (AvgIpc) is 2.45. The van der Waals surface area contributed by atoms with Crippen molar-refractivity contribution in [2.45, 2.75) is 33.2 Å². The SMILES string of the molecule is CCOP(=O)(NC(/C=C/c1cccnc1)CC)OCC. The fraction of sp³-hybridized carbons (Fsp3) is 0.500. The third kappa shape index (κ3) is 5.97. The van der Waals surface area contributed by atoms with Crippen LogP contribution in [0.25, 0.3) is 6.08 Å². The summed E-state index contributed by atoms with van der Waals surface area (Å²) in [6, 6.07) is 3.75. The van der Waals surface area contributed by atoms with Crippen molar-refractivity contribution in [1.82, 2.24) is 10.1 Å². The second kappa shape index (κ2) is 9.03. The Morgan fingerprint density at radius 2 is 2.05 bits per heavy atom. The van der Waals surface area contributed by atoms with Gasteiger partial charge in [-0.3, -0.25) is 14.0 Å². The molecule has 1 atom stereocenters. The Morgan fingerprint density at radius 3 is 2.55 bits per heavy atom. The van der Waals surface area contributed by atoms with E-state index in [9.17, 15) is 4.57 Å². The predicted molar refractivity (Wildman–Crippen MR) is 81.3 cm³/mol. The maximum atomic E-state index is 12.4. The zero-order valence-corrected chi connectivity index (χ0v) is 13.2. The summed E-state index contributed by atoms with van der Waals surface area (Å²) in [5.74, 6) is 0. The van der Waals surface area contributed by atoms with Crippen LogP contribution in [0.4, 0.5) is 0 Å². The number of pyridine rings is 1. The lowest BCUT2D eigenvalue weighted by Crippen LogP contribution is -2.25. The summed E-state index contributed by atoms with van der Waals surface area (Å²) in [6.45, 7) is 6.27. The molecule has 0 aliphatic rings. The molecule has 0 aliphatic carbocycles. The summed E-state index contributed by atoms with van der Waals surface area (Å²) in [5.41, 5.74) is 0.996. The van der Waals surface area contributed by atoms with Gasteiger partial charge in [-0.2, -0.15) is 0 Å². The van der Waals surface area contributed by atoms with Crippen molar-refractivity contribution in [3.8, 4) is 0 Å². The number of hydrogen-bond acceptors (Lipinski definition) is 4. The van der Waals surface area contributed by atoms with E-state index in [1.54, 1.807) is 26.2 Å². The van der Waals surface area contributed by atoms with E-state index in [2.05, 4.69) is 10.1 Å². The van der Waals surface area contributed by atoms with Gasteiger partial charge in [0.25, 0.3) is 0 Å². The van der Waals surface area contributed by atoms with E-state index in [1.807, 2.05) is 31.2 Å². The minimum atomic E-state index is -3.23. The number of aromatic nitrogens is 1. The molecule has 0 bridgehead atoms. The van der Waals surface area contributed by atoms with E-state index >= 15 is 0 Å². The molecule has 0 amide bonds. The Bertz CT molecular complexity index is 441. The first-order valence-corrected chi connectivity index (χ1v) is 8.43. The van der Waals surface area contributed by atoms with Gasteiger partial charge in [-0.1, -0.05) is 25.1 Å². The summed E-state index contributed by atoms with van der Waals surface area (Å²) < 4.78 is 22.9. The second-order valence-electron chi connectivity index (χ2n) is 4.12. The predicted octanol–water partition coefficient (Wildman–Crippen LogP) is 3.64. The number of nitrogens with one attached hydrogen (secondary N) is 1. The van der Waals surface area contributed by atoms with Crippen molar-refractivity contribution >= 4 is 13.8 Å². The van der Waals surface area contributed by atoms with Crippen molar-refractivity contribution in [2.24, 2.45) is 0 Å². The highest BCUT2D eigenvalue weighted by Crippen LogP contribution is 2.44. The highest BCUT2D eigenvalue weighted by Gasteiger charge is 2.25. The summed E-state index contributed by atoms with van der Waals surface area (Å²) in [6.07, 6.45) is 8.16. The molecule has 1 aromatic heterocycles. The van der Waals surface area contributed by atoms with Gasteiger partial charge < -0.3 is 0 Å². The third-order valence-corrected chi connectivity index (χ3v) is 4.41. The average molecular weight is 298 g/mol. The highest BCUT2D eigenvalue weighted by atomic mass is 31.2. The molecular formula is C14H23N2O3P. The summed E-state index contributed by atoms with van der Waals surface area (Å²) in [4.78, 5) is 4.05. The Hall–Kier alpha value is -1.00. The maximum Gasteiger partial charge on any atom is 0.405 e. The van der Waals surface area contributed by atoms with Crippen molar-refractivity contribution in [3.05, 3.63) is 36.2 Å². The molecule has 6 heteroatoms. The fourth-order valence-electron chi connectivity index (χ4n) is 1.63. The number of nitrogens with zero attached hydrogens (tertiary/aromatic N) is 1. The van der Waals surface area contributed by atoms with E-state index in [-0.39, 0.29) is 6.04 Å². The lowest BCUT2D eigenvalue weighted by atomic mass is 10.2. The van der Waals surface area contributed by atoms with Gasteiger partial charge in [-0.05, 0) is 31.9 Å². The Labute approximate surface area is 121 Å². The smallest absolute Gasteiger partial charge is 0.297 e. The summed E-state index contributed by atoms with van der Waals surface area (Å²) in [5, 5.41) is 2.96. The van der Waals surface area contributed by atoms with Crippen LogP contribution in [0.3, 0.4) is 0 Å². The van der Waals surface area contributed by atoms with Crippen LogP contribution < -0.4 is 5.09 Å². The van der Waals surface area contributed by atoms with Gasteiger partial charge in [0.05, 0.1) is 13.2 Å². The Kier molecular flexibility index (Phi) is 7.70. The van der Waals surface area contributed by atoms with Crippen molar-refractivity contribution < 1.29 is 13.6 Å². The molecule has 0 radical (unpaired) electrons. The van der Waals surface area contributed by atoms with Crippen LogP contribution in [0.15, 0.2) is 30.6 Å². The first-order valence-electron chi connectivity index (χ1n) is 6.88. The lowest BCUT2D eigenvalue weighted by Gasteiger charge is -2.21. The zero-order chi connectivity index (χ0) is 14.8. The van der Waals surface area contributed by atoms with Crippen LogP contribution in [0.1, 0.15) is 32.8 Å². The molecule has 5 nitrogen and oxygen atoms in total. The fourth-order valence-corrected chi connectivity index (χ4v) is 3.21. The maximum absolute atomic E-state index is 12.4. The third-order valence-electron chi connectivity index (χ3n) is 2.57. The molecule has 0 fully saturated rings. The van der Waals surface area contributed by atoms with Crippen LogP contribution in [0.5, 0.6) is 0 Å². The first-order chi connectivity index (χ1) is 9.63. The number of hydrogen-bond donors (Lipinski definition) is 1. The molecule has 0 saturated heterocycles. The molecular weight excluding hydrogens is 275 g/mol. The van der Waals surface area contributed by atoms with Gasteiger partial charge >= 0.3 is 7.75 Å². The van der Waals surface area contributed by atoms with Gasteiger partial charge in [0.15, 0.2) is 0 Å². The molecule has 0 saturated carbocycles. The van der Waals surface area contributed by atoms with Gasteiger partial charge in [-0.25, -0.2) is 9.65 Å². The molecule has 0 aliphatic heterocycles. The van der Waals surface area contributed by atoms with Crippen molar-refractivity contribution in [3.63, 3.8) is 0 Å².